The van der Waals surface area contributed by atoms with Crippen LogP contribution in [-0.2, 0) is 6.54 Å². The Morgan fingerprint density at radius 1 is 1.10 bits per heavy atom. The van der Waals surface area contributed by atoms with Crippen molar-refractivity contribution in [2.24, 2.45) is 17.8 Å². The van der Waals surface area contributed by atoms with E-state index in [1.54, 1.807) is 6.20 Å². The maximum atomic E-state index is 13.4. The van der Waals surface area contributed by atoms with Gasteiger partial charge in [0.15, 0.2) is 17.3 Å². The summed E-state index contributed by atoms with van der Waals surface area (Å²) in [6.45, 7) is 6.77. The first-order valence-electron chi connectivity index (χ1n) is 14.7. The Bertz CT molecular complexity index is 1610. The van der Waals surface area contributed by atoms with Gasteiger partial charge >= 0.3 is 11.9 Å². The van der Waals surface area contributed by atoms with Gasteiger partial charge in [0, 0.05) is 18.8 Å². The van der Waals surface area contributed by atoms with Gasteiger partial charge in [-0.25, -0.2) is 19.7 Å². The third-order valence-corrected chi connectivity index (χ3v) is 8.91. The number of H-pyrrole nitrogens is 1. The van der Waals surface area contributed by atoms with Crippen LogP contribution in [-0.4, -0.2) is 46.9 Å². The third-order valence-electron chi connectivity index (χ3n) is 8.91. The molecule has 0 bridgehead atoms. The standard InChI is InChI=1S/C29H35F3N8O2/c1-15(2)19-11-12-33-21(13-19)27-37-24-22(40(27)14-17-7-9-20(10-8-17)29(30,31)32)23(34-16(3)18-5-4-6-18)35-25(36-24)26-38-28(41)42-39-26/h11-13,15-18,20H,4-10,14H2,1-3H3,(H,34,35,36)(H,38,39,41)/t16-,17?,20?/m1/s1. The van der Waals surface area contributed by atoms with Crippen molar-refractivity contribution in [3.05, 3.63) is 34.4 Å². The van der Waals surface area contributed by atoms with Crippen LogP contribution in [0.4, 0.5) is 19.0 Å². The number of hydrogen-bond donors (Lipinski definition) is 2. The molecule has 13 heteroatoms. The molecule has 4 aromatic rings. The molecule has 224 valence electrons. The summed E-state index contributed by atoms with van der Waals surface area (Å²) in [6, 6.07) is 4.07. The van der Waals surface area contributed by atoms with Crippen LogP contribution >= 0.6 is 0 Å². The Balaban J connectivity index is 1.48. The molecule has 0 amide bonds. The first-order valence-corrected chi connectivity index (χ1v) is 14.7. The third kappa shape index (κ3) is 5.65. The molecule has 0 spiro atoms. The lowest BCUT2D eigenvalue weighted by Gasteiger charge is -2.32. The van der Waals surface area contributed by atoms with Gasteiger partial charge < -0.3 is 9.88 Å². The number of alkyl halides is 3. The van der Waals surface area contributed by atoms with E-state index in [1.165, 1.54) is 6.42 Å². The quantitative estimate of drug-likeness (QED) is 0.246. The first-order chi connectivity index (χ1) is 20.1. The van der Waals surface area contributed by atoms with Crippen LogP contribution in [0.5, 0.6) is 0 Å². The van der Waals surface area contributed by atoms with Crippen LogP contribution in [0.1, 0.15) is 77.2 Å². The van der Waals surface area contributed by atoms with Crippen LogP contribution in [0.25, 0.3) is 34.3 Å². The Morgan fingerprint density at radius 3 is 2.48 bits per heavy atom. The van der Waals surface area contributed by atoms with Crippen LogP contribution in [0.3, 0.4) is 0 Å². The molecule has 2 N–H and O–H groups in total. The Hall–Kier alpha value is -3.77. The zero-order valence-corrected chi connectivity index (χ0v) is 23.9. The average molecular weight is 585 g/mol. The Kier molecular flexibility index (Phi) is 7.52. The molecule has 2 aliphatic rings. The molecular weight excluding hydrogens is 549 g/mol. The molecule has 1 atom stereocenters. The van der Waals surface area contributed by atoms with Crippen molar-refractivity contribution in [3.63, 3.8) is 0 Å². The lowest BCUT2D eigenvalue weighted by atomic mass is 9.80. The number of aromatic amines is 1. The molecule has 0 aromatic carbocycles. The molecule has 10 nitrogen and oxygen atoms in total. The molecule has 2 saturated carbocycles. The Morgan fingerprint density at radius 2 is 1.86 bits per heavy atom. The lowest BCUT2D eigenvalue weighted by molar-refractivity contribution is -0.184. The van der Waals surface area contributed by atoms with E-state index in [0.29, 0.717) is 53.8 Å². The summed E-state index contributed by atoms with van der Waals surface area (Å²) in [5.74, 6) is 0.142. The maximum absolute atomic E-state index is 13.4. The predicted octanol–water partition coefficient (Wildman–Crippen LogP) is 6.32. The molecule has 0 unspecified atom stereocenters. The zero-order chi connectivity index (χ0) is 29.6. The van der Waals surface area contributed by atoms with E-state index < -0.39 is 17.9 Å². The molecule has 0 saturated heterocycles. The number of aromatic nitrogens is 7. The smallest absolute Gasteiger partial charge is 0.365 e. The van der Waals surface area contributed by atoms with Crippen molar-refractivity contribution in [2.75, 3.05) is 5.32 Å². The predicted molar refractivity (Wildman–Crippen MR) is 151 cm³/mol. The number of fused-ring (bicyclic) bond motifs is 1. The second-order valence-corrected chi connectivity index (χ2v) is 12.1. The minimum Gasteiger partial charge on any atom is -0.365 e. The summed E-state index contributed by atoms with van der Waals surface area (Å²) in [5.41, 5.74) is 2.77. The van der Waals surface area contributed by atoms with Crippen molar-refractivity contribution in [1.29, 1.82) is 0 Å². The van der Waals surface area contributed by atoms with Crippen LogP contribution in [0.2, 0.25) is 0 Å². The van der Waals surface area contributed by atoms with Gasteiger partial charge in [-0.3, -0.25) is 14.5 Å². The van der Waals surface area contributed by atoms with Crippen molar-refractivity contribution >= 4 is 17.0 Å². The van der Waals surface area contributed by atoms with E-state index >= 15 is 0 Å². The summed E-state index contributed by atoms with van der Waals surface area (Å²) in [5, 5.41) is 7.35. The molecule has 4 aromatic heterocycles. The fraction of sp³-hybridized carbons (Fsp3) is 0.586. The van der Waals surface area contributed by atoms with Crippen molar-refractivity contribution in [3.8, 4) is 23.2 Å². The summed E-state index contributed by atoms with van der Waals surface area (Å²) in [4.78, 5) is 33.2. The van der Waals surface area contributed by atoms with Gasteiger partial charge in [-0.1, -0.05) is 25.4 Å². The van der Waals surface area contributed by atoms with Gasteiger partial charge in [-0.2, -0.15) is 13.2 Å². The molecule has 2 fully saturated rings. The number of imidazole rings is 1. The number of hydrogen-bond acceptors (Lipinski definition) is 8. The minimum atomic E-state index is -4.17. The average Bonchev–Trinajstić information content (AvgIpc) is 3.51. The summed E-state index contributed by atoms with van der Waals surface area (Å²) < 4.78 is 47.0. The first kappa shape index (κ1) is 28.4. The summed E-state index contributed by atoms with van der Waals surface area (Å²) in [7, 11) is 0. The van der Waals surface area contributed by atoms with Gasteiger partial charge in [-0.15, -0.1) is 0 Å². The van der Waals surface area contributed by atoms with Crippen LogP contribution in [0.15, 0.2) is 27.6 Å². The van der Waals surface area contributed by atoms with E-state index in [2.05, 4.69) is 46.2 Å². The van der Waals surface area contributed by atoms with Gasteiger partial charge in [0.2, 0.25) is 11.6 Å². The number of nitrogens with zero attached hydrogens (tertiary/aromatic N) is 6. The highest BCUT2D eigenvalue weighted by Crippen LogP contribution is 2.41. The lowest BCUT2D eigenvalue weighted by Crippen LogP contribution is -2.31. The van der Waals surface area contributed by atoms with E-state index in [-0.39, 0.29) is 42.4 Å². The fourth-order valence-electron chi connectivity index (χ4n) is 6.07. The largest absolute Gasteiger partial charge is 0.439 e. The van der Waals surface area contributed by atoms with Gasteiger partial charge in [0.05, 0.1) is 5.92 Å². The summed E-state index contributed by atoms with van der Waals surface area (Å²) >= 11 is 0. The Labute approximate surface area is 240 Å². The topological polar surface area (TPSA) is 127 Å². The van der Waals surface area contributed by atoms with Gasteiger partial charge in [-0.05, 0) is 80.9 Å². The highest BCUT2D eigenvalue weighted by Gasteiger charge is 2.41. The van der Waals surface area contributed by atoms with E-state index in [1.807, 2.05) is 16.7 Å². The highest BCUT2D eigenvalue weighted by molar-refractivity contribution is 5.88. The molecule has 4 heterocycles. The van der Waals surface area contributed by atoms with Crippen LogP contribution < -0.4 is 11.1 Å². The molecule has 42 heavy (non-hydrogen) atoms. The van der Waals surface area contributed by atoms with Gasteiger partial charge in [0.25, 0.3) is 0 Å². The molecule has 2 aliphatic carbocycles. The number of anilines is 1. The molecule has 0 aliphatic heterocycles. The van der Waals surface area contributed by atoms with E-state index in [0.717, 1.165) is 18.4 Å². The number of pyridine rings is 1. The normalized spacial score (nSPS) is 20.6. The summed E-state index contributed by atoms with van der Waals surface area (Å²) in [6.07, 6.45) is 2.14. The number of nitrogens with one attached hydrogen (secondary N) is 2. The zero-order valence-electron chi connectivity index (χ0n) is 23.9. The van der Waals surface area contributed by atoms with E-state index in [9.17, 15) is 18.0 Å². The highest BCUT2D eigenvalue weighted by atomic mass is 19.4. The molecular formula is C29H35F3N8O2. The second kappa shape index (κ2) is 11.1. The molecule has 6 rings (SSSR count). The van der Waals surface area contributed by atoms with Crippen molar-refractivity contribution in [2.45, 2.75) is 90.4 Å². The van der Waals surface area contributed by atoms with E-state index in [4.69, 9.17) is 14.5 Å². The van der Waals surface area contributed by atoms with Crippen molar-refractivity contribution in [1.82, 2.24) is 34.6 Å². The SMILES string of the molecule is CC(C)c1ccnc(-c2nc3nc(-c4noc(=O)[nH]4)nc(N[C@H](C)C4CCC4)c3n2CC2CCC(C(F)(F)F)CC2)c1. The second-order valence-electron chi connectivity index (χ2n) is 12.1. The monoisotopic (exact) mass is 584 g/mol. The van der Waals surface area contributed by atoms with Gasteiger partial charge in [0.1, 0.15) is 11.2 Å². The molecule has 0 radical (unpaired) electrons. The number of rotatable bonds is 8. The van der Waals surface area contributed by atoms with Crippen LogP contribution in [0, 0.1) is 17.8 Å². The minimum absolute atomic E-state index is 0.0245. The number of halogens is 3. The van der Waals surface area contributed by atoms with Crippen molar-refractivity contribution < 1.29 is 17.7 Å². The maximum Gasteiger partial charge on any atom is 0.439 e. The fourth-order valence-corrected chi connectivity index (χ4v) is 6.07.